The smallest absolute Gasteiger partial charge is 0.188 e. The summed E-state index contributed by atoms with van der Waals surface area (Å²) in [5.41, 5.74) is 7.93. The summed E-state index contributed by atoms with van der Waals surface area (Å²) >= 11 is 1.76. The first kappa shape index (κ1) is 13.5. The minimum Gasteiger partial charge on any atom is -0.370 e. The van der Waals surface area contributed by atoms with E-state index in [1.165, 1.54) is 4.88 Å². The lowest BCUT2D eigenvalue weighted by Gasteiger charge is -2.05. The van der Waals surface area contributed by atoms with Gasteiger partial charge in [-0.05, 0) is 36.4 Å². The molecule has 0 saturated heterocycles. The maximum atomic E-state index is 5.83. The molecule has 0 aliphatic carbocycles. The van der Waals surface area contributed by atoms with Crippen molar-refractivity contribution in [3.05, 3.63) is 52.0 Å². The van der Waals surface area contributed by atoms with Crippen molar-refractivity contribution in [2.45, 2.75) is 19.9 Å². The molecular formula is C14H18N4S. The van der Waals surface area contributed by atoms with Crippen LogP contribution < -0.4 is 11.1 Å². The van der Waals surface area contributed by atoms with Gasteiger partial charge in [-0.3, -0.25) is 4.98 Å². The van der Waals surface area contributed by atoms with Gasteiger partial charge in [0.05, 0.1) is 12.2 Å². The Labute approximate surface area is 117 Å². The van der Waals surface area contributed by atoms with Crippen molar-refractivity contribution in [3.63, 3.8) is 0 Å². The molecule has 2 aromatic rings. The highest BCUT2D eigenvalue weighted by Gasteiger charge is 1.98. The fourth-order valence-electron chi connectivity index (χ4n) is 1.67. The van der Waals surface area contributed by atoms with Crippen molar-refractivity contribution in [1.82, 2.24) is 10.3 Å². The highest BCUT2D eigenvalue weighted by Crippen LogP contribution is 2.08. The van der Waals surface area contributed by atoms with Crippen molar-refractivity contribution in [2.75, 3.05) is 6.54 Å². The molecule has 0 bridgehead atoms. The monoisotopic (exact) mass is 274 g/mol. The number of pyridine rings is 1. The van der Waals surface area contributed by atoms with Crippen LogP contribution in [0.15, 0.2) is 40.8 Å². The lowest BCUT2D eigenvalue weighted by Crippen LogP contribution is -2.33. The molecule has 100 valence electrons. The molecule has 0 radical (unpaired) electrons. The number of aryl methyl sites for hydroxylation is 1. The summed E-state index contributed by atoms with van der Waals surface area (Å²) in [5, 5.41) is 5.20. The highest BCUT2D eigenvalue weighted by molar-refractivity contribution is 7.09. The molecule has 2 aromatic heterocycles. The molecule has 0 spiro atoms. The van der Waals surface area contributed by atoms with E-state index in [4.69, 9.17) is 5.73 Å². The molecule has 19 heavy (non-hydrogen) atoms. The number of aromatic nitrogens is 1. The van der Waals surface area contributed by atoms with E-state index in [0.29, 0.717) is 12.5 Å². The van der Waals surface area contributed by atoms with Crippen LogP contribution in [0.3, 0.4) is 0 Å². The van der Waals surface area contributed by atoms with E-state index in [1.807, 2.05) is 19.1 Å². The number of aliphatic imine (C=N–C) groups is 1. The molecule has 2 rings (SSSR count). The Morgan fingerprint density at radius 3 is 3.05 bits per heavy atom. The fourth-order valence-corrected chi connectivity index (χ4v) is 2.38. The van der Waals surface area contributed by atoms with Crippen molar-refractivity contribution in [3.8, 4) is 0 Å². The molecule has 0 fully saturated rings. The van der Waals surface area contributed by atoms with Gasteiger partial charge in [0.1, 0.15) is 0 Å². The maximum absolute atomic E-state index is 5.83. The Morgan fingerprint density at radius 1 is 1.42 bits per heavy atom. The van der Waals surface area contributed by atoms with Gasteiger partial charge in [-0.25, -0.2) is 4.99 Å². The lowest BCUT2D eigenvalue weighted by molar-refractivity contribution is 0.851. The van der Waals surface area contributed by atoms with Gasteiger partial charge in [-0.15, -0.1) is 11.3 Å². The van der Waals surface area contributed by atoms with Gasteiger partial charge in [0.25, 0.3) is 0 Å². The Hall–Kier alpha value is -1.88. The lowest BCUT2D eigenvalue weighted by atomic mass is 10.2. The summed E-state index contributed by atoms with van der Waals surface area (Å²) in [6.45, 7) is 3.35. The van der Waals surface area contributed by atoms with Gasteiger partial charge >= 0.3 is 0 Å². The van der Waals surface area contributed by atoms with Crippen LogP contribution in [0.25, 0.3) is 0 Å². The second kappa shape index (κ2) is 6.89. The van der Waals surface area contributed by atoms with Gasteiger partial charge in [0.15, 0.2) is 5.96 Å². The molecule has 0 amide bonds. The van der Waals surface area contributed by atoms with Crippen LogP contribution in [0.5, 0.6) is 0 Å². The minimum atomic E-state index is 0.474. The number of thiophene rings is 1. The van der Waals surface area contributed by atoms with Crippen molar-refractivity contribution in [1.29, 1.82) is 0 Å². The van der Waals surface area contributed by atoms with Gasteiger partial charge in [0.2, 0.25) is 0 Å². The molecule has 0 unspecified atom stereocenters. The molecule has 0 aliphatic rings. The van der Waals surface area contributed by atoms with Gasteiger partial charge in [0, 0.05) is 17.6 Å². The van der Waals surface area contributed by atoms with Crippen molar-refractivity contribution in [2.24, 2.45) is 10.7 Å². The molecule has 0 aliphatic heterocycles. The van der Waals surface area contributed by atoms with Crippen LogP contribution in [0.2, 0.25) is 0 Å². The zero-order valence-corrected chi connectivity index (χ0v) is 11.8. The minimum absolute atomic E-state index is 0.474. The van der Waals surface area contributed by atoms with Crippen molar-refractivity contribution >= 4 is 17.3 Å². The number of nitrogens with two attached hydrogens (primary N) is 1. The fraction of sp³-hybridized carbons (Fsp3) is 0.286. The molecule has 0 aromatic carbocycles. The molecule has 0 atom stereocenters. The summed E-state index contributed by atoms with van der Waals surface area (Å²) in [7, 11) is 0. The van der Waals surface area contributed by atoms with Crippen LogP contribution >= 0.6 is 11.3 Å². The molecular weight excluding hydrogens is 256 g/mol. The number of nitrogens with zero attached hydrogens (tertiary/aromatic N) is 2. The Balaban J connectivity index is 1.78. The molecule has 4 nitrogen and oxygen atoms in total. The predicted molar refractivity (Wildman–Crippen MR) is 80.3 cm³/mol. The second-order valence-corrected chi connectivity index (χ2v) is 5.26. The van der Waals surface area contributed by atoms with Crippen LogP contribution in [-0.2, 0) is 13.0 Å². The standard InChI is InChI=1S/C14H18N4S/c1-11-4-2-7-16-13(11)10-18-14(15)17-8-6-12-5-3-9-19-12/h2-5,7,9H,6,8,10H2,1H3,(H3,15,17,18). The van der Waals surface area contributed by atoms with E-state index in [2.05, 4.69) is 32.8 Å². The highest BCUT2D eigenvalue weighted by atomic mass is 32.1. The SMILES string of the molecule is Cc1cccnc1CN=C(N)NCCc1cccs1. The second-order valence-electron chi connectivity index (χ2n) is 4.22. The van der Waals surface area contributed by atoms with Gasteiger partial charge < -0.3 is 11.1 Å². The number of hydrogen-bond acceptors (Lipinski definition) is 3. The molecule has 5 heteroatoms. The molecule has 3 N–H and O–H groups in total. The van der Waals surface area contributed by atoms with E-state index in [9.17, 15) is 0 Å². The molecule has 2 heterocycles. The average Bonchev–Trinajstić information content (AvgIpc) is 2.91. The Morgan fingerprint density at radius 2 is 2.32 bits per heavy atom. The third-order valence-corrected chi connectivity index (χ3v) is 3.71. The topological polar surface area (TPSA) is 63.3 Å². The average molecular weight is 274 g/mol. The number of nitrogens with one attached hydrogen (secondary N) is 1. The maximum Gasteiger partial charge on any atom is 0.188 e. The summed E-state index contributed by atoms with van der Waals surface area (Å²) in [6.07, 6.45) is 2.74. The number of hydrogen-bond donors (Lipinski definition) is 2. The first-order valence-electron chi connectivity index (χ1n) is 6.22. The van der Waals surface area contributed by atoms with E-state index in [1.54, 1.807) is 17.5 Å². The third kappa shape index (κ3) is 4.37. The first-order valence-corrected chi connectivity index (χ1v) is 7.10. The number of guanidine groups is 1. The van der Waals surface area contributed by atoms with Crippen LogP contribution in [0.4, 0.5) is 0 Å². The summed E-state index contributed by atoms with van der Waals surface area (Å²) in [4.78, 5) is 9.93. The van der Waals surface area contributed by atoms with E-state index >= 15 is 0 Å². The van der Waals surface area contributed by atoms with Gasteiger partial charge in [-0.2, -0.15) is 0 Å². The zero-order chi connectivity index (χ0) is 13.5. The Kier molecular flexibility index (Phi) is 4.92. The van der Waals surface area contributed by atoms with E-state index < -0.39 is 0 Å². The molecule has 0 saturated carbocycles. The van der Waals surface area contributed by atoms with E-state index in [0.717, 1.165) is 24.2 Å². The quantitative estimate of drug-likeness (QED) is 0.648. The van der Waals surface area contributed by atoms with Crippen LogP contribution in [0, 0.1) is 6.92 Å². The van der Waals surface area contributed by atoms with Crippen LogP contribution in [0.1, 0.15) is 16.1 Å². The largest absolute Gasteiger partial charge is 0.370 e. The van der Waals surface area contributed by atoms with Crippen molar-refractivity contribution < 1.29 is 0 Å². The Bertz CT molecular complexity index is 534. The summed E-state index contributed by atoms with van der Waals surface area (Å²) in [6, 6.07) is 8.13. The predicted octanol–water partition coefficient (Wildman–Crippen LogP) is 2.10. The first-order chi connectivity index (χ1) is 9.25. The summed E-state index contributed by atoms with van der Waals surface area (Å²) in [5.74, 6) is 0.474. The van der Waals surface area contributed by atoms with Crippen LogP contribution in [-0.4, -0.2) is 17.5 Å². The van der Waals surface area contributed by atoms with E-state index in [-0.39, 0.29) is 0 Å². The normalized spacial score (nSPS) is 11.5. The number of rotatable bonds is 5. The van der Waals surface area contributed by atoms with Gasteiger partial charge in [-0.1, -0.05) is 12.1 Å². The third-order valence-electron chi connectivity index (χ3n) is 2.77. The summed E-state index contributed by atoms with van der Waals surface area (Å²) < 4.78 is 0. The zero-order valence-electron chi connectivity index (χ0n) is 11.0.